The number of guanidine groups is 1. The molecule has 2 aromatic rings. The lowest BCUT2D eigenvalue weighted by Gasteiger charge is -2.11. The second kappa shape index (κ2) is 12.8. The molecule has 0 saturated heterocycles. The molecule has 4 nitrogen and oxygen atoms in total. The third-order valence-corrected chi connectivity index (χ3v) is 5.11. The number of nitrogens with zero attached hydrogens (tertiary/aromatic N) is 1. The molecule has 0 saturated carbocycles. The summed E-state index contributed by atoms with van der Waals surface area (Å²) in [5.74, 6) is 1.52. The molecule has 7 heteroatoms. The minimum absolute atomic E-state index is 0. The van der Waals surface area contributed by atoms with Crippen molar-refractivity contribution in [3.05, 3.63) is 71.0 Å². The van der Waals surface area contributed by atoms with E-state index in [2.05, 4.69) is 15.6 Å². The summed E-state index contributed by atoms with van der Waals surface area (Å²) in [5.41, 5.74) is 2.52. The molecular weight excluding hydrogens is 476 g/mol. The maximum absolute atomic E-state index is 13.6. The van der Waals surface area contributed by atoms with E-state index in [1.54, 1.807) is 13.0 Å². The smallest absolute Gasteiger partial charge is 0.191 e. The molecule has 2 rings (SSSR count). The summed E-state index contributed by atoms with van der Waals surface area (Å²) >= 11 is 0. The van der Waals surface area contributed by atoms with Crippen LogP contribution in [0.5, 0.6) is 0 Å². The second-order valence-electron chi connectivity index (χ2n) is 5.98. The lowest BCUT2D eigenvalue weighted by molar-refractivity contribution is 0.616. The number of aliphatic imine (C=N–C) groups is 1. The van der Waals surface area contributed by atoms with E-state index in [4.69, 9.17) is 0 Å². The first-order valence-corrected chi connectivity index (χ1v) is 10.2. The van der Waals surface area contributed by atoms with Crippen molar-refractivity contribution in [1.29, 1.82) is 0 Å². The van der Waals surface area contributed by atoms with Crippen LogP contribution >= 0.6 is 24.0 Å². The normalized spacial score (nSPS) is 12.2. The van der Waals surface area contributed by atoms with Crippen LogP contribution in [-0.2, 0) is 23.1 Å². The molecule has 0 amide bonds. The fraction of sp³-hybridized carbons (Fsp3) is 0.350. The number of halogens is 2. The van der Waals surface area contributed by atoms with E-state index in [0.29, 0.717) is 36.1 Å². The molecule has 2 N–H and O–H groups in total. The van der Waals surface area contributed by atoms with Crippen LogP contribution in [0.2, 0.25) is 0 Å². The Morgan fingerprint density at radius 2 is 1.85 bits per heavy atom. The van der Waals surface area contributed by atoms with Crippen molar-refractivity contribution in [1.82, 2.24) is 10.6 Å². The maximum Gasteiger partial charge on any atom is 0.191 e. The highest BCUT2D eigenvalue weighted by atomic mass is 127. The van der Waals surface area contributed by atoms with Gasteiger partial charge in [0.25, 0.3) is 0 Å². The van der Waals surface area contributed by atoms with Crippen molar-refractivity contribution < 1.29 is 8.60 Å². The monoisotopic (exact) mass is 503 g/mol. The maximum atomic E-state index is 13.6. The first-order valence-electron chi connectivity index (χ1n) is 8.74. The molecule has 2 aromatic carbocycles. The quantitative estimate of drug-likeness (QED) is 0.328. The molecule has 148 valence electrons. The van der Waals surface area contributed by atoms with Crippen LogP contribution in [0.15, 0.2) is 53.5 Å². The minimum atomic E-state index is -0.932. The minimum Gasteiger partial charge on any atom is -0.357 e. The highest BCUT2D eigenvalue weighted by Crippen LogP contribution is 2.10. The third kappa shape index (κ3) is 8.83. The van der Waals surface area contributed by atoms with Crippen molar-refractivity contribution >= 4 is 40.7 Å². The third-order valence-electron chi connectivity index (χ3n) is 3.79. The molecule has 0 aliphatic rings. The van der Waals surface area contributed by atoms with E-state index in [0.717, 1.165) is 17.7 Å². The molecule has 0 heterocycles. The second-order valence-corrected chi connectivity index (χ2v) is 7.56. The Bertz CT molecular complexity index is 756. The molecular formula is C20H27FIN3OS. The first kappa shape index (κ1) is 23.6. The van der Waals surface area contributed by atoms with Gasteiger partial charge in [0.1, 0.15) is 5.82 Å². The van der Waals surface area contributed by atoms with E-state index < -0.39 is 10.8 Å². The van der Waals surface area contributed by atoms with Gasteiger partial charge in [-0.2, -0.15) is 0 Å². The fourth-order valence-electron chi connectivity index (χ4n) is 2.36. The molecule has 27 heavy (non-hydrogen) atoms. The van der Waals surface area contributed by atoms with Gasteiger partial charge in [0.2, 0.25) is 0 Å². The van der Waals surface area contributed by atoms with E-state index in [9.17, 15) is 8.60 Å². The van der Waals surface area contributed by atoms with Crippen molar-refractivity contribution in [3.63, 3.8) is 0 Å². The van der Waals surface area contributed by atoms with Gasteiger partial charge in [-0.05, 0) is 36.6 Å². The topological polar surface area (TPSA) is 53.5 Å². The van der Waals surface area contributed by atoms with Gasteiger partial charge in [-0.3, -0.25) is 4.21 Å². The first-order chi connectivity index (χ1) is 12.6. The molecule has 1 atom stereocenters. The molecule has 1 unspecified atom stereocenters. The summed E-state index contributed by atoms with van der Waals surface area (Å²) in [6, 6.07) is 15.0. The standard InChI is InChI=1S/C20H26FN3OS.HI/c1-3-22-20(24-14-18-10-9-16(2)19(21)13-18)23-11-12-26(25)15-17-7-5-4-6-8-17;/h4-10,13H,3,11-12,14-15H2,1-2H3,(H2,22,23,24);1H. The van der Waals surface area contributed by atoms with Crippen LogP contribution in [0.3, 0.4) is 0 Å². The van der Waals surface area contributed by atoms with Crippen molar-refractivity contribution in [3.8, 4) is 0 Å². The fourth-order valence-corrected chi connectivity index (χ4v) is 3.40. The summed E-state index contributed by atoms with van der Waals surface area (Å²) in [4.78, 5) is 4.46. The van der Waals surface area contributed by atoms with Crippen LogP contribution in [0.1, 0.15) is 23.6 Å². The summed E-state index contributed by atoms with van der Waals surface area (Å²) in [6.45, 7) is 5.40. The van der Waals surface area contributed by atoms with Crippen LogP contribution in [-0.4, -0.2) is 29.0 Å². The van der Waals surface area contributed by atoms with Gasteiger partial charge < -0.3 is 10.6 Å². The summed E-state index contributed by atoms with van der Waals surface area (Å²) in [5, 5.41) is 6.33. The van der Waals surface area contributed by atoms with Gasteiger partial charge in [0.15, 0.2) is 5.96 Å². The van der Waals surface area contributed by atoms with Crippen molar-refractivity contribution in [2.24, 2.45) is 4.99 Å². The van der Waals surface area contributed by atoms with Crippen LogP contribution in [0.4, 0.5) is 4.39 Å². The molecule has 0 spiro atoms. The van der Waals surface area contributed by atoms with Crippen molar-refractivity contribution in [2.75, 3.05) is 18.8 Å². The number of hydrogen-bond acceptors (Lipinski definition) is 2. The Labute approximate surface area is 180 Å². The number of rotatable bonds is 8. The Kier molecular flexibility index (Phi) is 11.2. The van der Waals surface area contributed by atoms with Crippen LogP contribution < -0.4 is 10.6 Å². The molecule has 0 aromatic heterocycles. The van der Waals surface area contributed by atoms with Gasteiger partial charge in [-0.25, -0.2) is 9.38 Å². The van der Waals surface area contributed by atoms with Crippen LogP contribution in [0, 0.1) is 12.7 Å². The molecule has 0 bridgehead atoms. The van der Waals surface area contributed by atoms with Gasteiger partial charge in [-0.1, -0.05) is 42.5 Å². The van der Waals surface area contributed by atoms with Gasteiger partial charge in [-0.15, -0.1) is 24.0 Å². The van der Waals surface area contributed by atoms with Gasteiger partial charge in [0.05, 0.1) is 6.54 Å². The summed E-state index contributed by atoms with van der Waals surface area (Å²) < 4.78 is 25.8. The molecule has 0 fully saturated rings. The van der Waals surface area contributed by atoms with Gasteiger partial charge in [0, 0.05) is 35.4 Å². The van der Waals surface area contributed by atoms with Crippen molar-refractivity contribution in [2.45, 2.75) is 26.1 Å². The SMILES string of the molecule is CCNC(=NCc1ccc(C)c(F)c1)NCCS(=O)Cc1ccccc1.I. The zero-order chi connectivity index (χ0) is 18.8. The van der Waals surface area contributed by atoms with Gasteiger partial charge >= 0.3 is 0 Å². The molecule has 0 radical (unpaired) electrons. The Balaban J connectivity index is 0.00000364. The Morgan fingerprint density at radius 1 is 1.11 bits per heavy atom. The van der Waals surface area contributed by atoms with E-state index >= 15 is 0 Å². The van der Waals surface area contributed by atoms with E-state index in [1.165, 1.54) is 6.07 Å². The van der Waals surface area contributed by atoms with E-state index in [1.807, 2.05) is 43.3 Å². The summed E-state index contributed by atoms with van der Waals surface area (Å²) in [6.07, 6.45) is 0. The zero-order valence-corrected chi connectivity index (χ0v) is 18.9. The highest BCUT2D eigenvalue weighted by molar-refractivity contribution is 14.0. The average molecular weight is 503 g/mol. The van der Waals surface area contributed by atoms with E-state index in [-0.39, 0.29) is 29.8 Å². The predicted molar refractivity (Wildman–Crippen MR) is 123 cm³/mol. The highest BCUT2D eigenvalue weighted by Gasteiger charge is 2.04. The number of benzene rings is 2. The average Bonchev–Trinajstić information content (AvgIpc) is 2.63. The van der Waals surface area contributed by atoms with Crippen LogP contribution in [0.25, 0.3) is 0 Å². The lowest BCUT2D eigenvalue weighted by atomic mass is 10.1. The molecule has 0 aliphatic carbocycles. The Morgan fingerprint density at radius 3 is 2.52 bits per heavy atom. The predicted octanol–water partition coefficient (Wildman–Crippen LogP) is 3.76. The number of aryl methyl sites for hydroxylation is 1. The molecule has 0 aliphatic heterocycles. The number of nitrogens with one attached hydrogen (secondary N) is 2. The summed E-state index contributed by atoms with van der Waals surface area (Å²) in [7, 11) is -0.932. The largest absolute Gasteiger partial charge is 0.357 e. The number of hydrogen-bond donors (Lipinski definition) is 2. The Hall–Kier alpha value is -1.48. The lowest BCUT2D eigenvalue weighted by Crippen LogP contribution is -2.39. The zero-order valence-electron chi connectivity index (χ0n) is 15.7.